The van der Waals surface area contributed by atoms with Crippen LogP contribution in [-0.4, -0.2) is 17.4 Å². The van der Waals surface area contributed by atoms with Gasteiger partial charge in [0, 0.05) is 29.2 Å². The van der Waals surface area contributed by atoms with Crippen molar-refractivity contribution in [1.82, 2.24) is 10.3 Å². The zero-order valence-electron chi connectivity index (χ0n) is 18.7. The molecule has 2 N–H and O–H groups in total. The zero-order chi connectivity index (χ0) is 23.3. The molecule has 0 aliphatic carbocycles. The average molecular weight is 449 g/mol. The number of fused-ring (bicyclic) bond motifs is 1. The number of carbonyl (C=O) groups excluding carboxylic acids is 1. The molecular weight excluding hydrogens is 423 g/mol. The number of carbonyl (C=O) groups is 1. The first-order valence-electron chi connectivity index (χ1n) is 11.4. The Morgan fingerprint density at radius 2 is 1.62 bits per heavy atom. The fourth-order valence-corrected chi connectivity index (χ4v) is 4.26. The van der Waals surface area contributed by atoms with Crippen LogP contribution in [-0.2, 0) is 12.8 Å². The van der Waals surface area contributed by atoms with Gasteiger partial charge in [-0.2, -0.15) is 0 Å². The third kappa shape index (κ3) is 4.91. The van der Waals surface area contributed by atoms with Gasteiger partial charge in [0.05, 0.1) is 0 Å². The van der Waals surface area contributed by atoms with E-state index in [1.54, 1.807) is 6.07 Å². The maximum absolute atomic E-state index is 13.4. The molecule has 0 unspecified atom stereocenters. The molecule has 0 spiro atoms. The highest BCUT2D eigenvalue weighted by atomic mass is 19.1. The fraction of sp³-hybridized carbons (Fsp3) is 0.100. The minimum atomic E-state index is -0.236. The number of benzene rings is 4. The standard InChI is InChI=1S/C30H25FN2O/c31-27-8-4-5-22(18-27)17-21-9-11-24(12-10-21)30(34)32-16-15-26-20-33-29-14-13-25(19-28(26)29)23-6-2-1-3-7-23/h1-14,18-20,33H,15-17H2,(H,32,34). The van der Waals surface area contributed by atoms with Crippen molar-refractivity contribution in [3.05, 3.63) is 131 Å². The first-order valence-corrected chi connectivity index (χ1v) is 11.4. The summed E-state index contributed by atoms with van der Waals surface area (Å²) >= 11 is 0. The van der Waals surface area contributed by atoms with Gasteiger partial charge in [-0.15, -0.1) is 0 Å². The van der Waals surface area contributed by atoms with Crippen LogP contribution in [0.3, 0.4) is 0 Å². The van der Waals surface area contributed by atoms with E-state index in [0.717, 1.165) is 23.1 Å². The van der Waals surface area contributed by atoms with Crippen LogP contribution in [0.1, 0.15) is 27.0 Å². The molecule has 34 heavy (non-hydrogen) atoms. The number of H-pyrrole nitrogens is 1. The SMILES string of the molecule is O=C(NCCc1c[nH]c2ccc(-c3ccccc3)cc12)c1ccc(Cc2cccc(F)c2)cc1. The molecule has 5 rings (SSSR count). The normalized spacial score (nSPS) is 11.0. The molecule has 0 saturated carbocycles. The highest BCUT2D eigenvalue weighted by Crippen LogP contribution is 2.26. The number of nitrogens with one attached hydrogen (secondary N) is 2. The summed E-state index contributed by atoms with van der Waals surface area (Å²) in [6.07, 6.45) is 3.39. The van der Waals surface area contributed by atoms with E-state index in [0.29, 0.717) is 18.5 Å². The van der Waals surface area contributed by atoms with Gasteiger partial charge in [-0.25, -0.2) is 4.39 Å². The van der Waals surface area contributed by atoms with Crippen LogP contribution in [0.25, 0.3) is 22.0 Å². The molecule has 1 heterocycles. The van der Waals surface area contributed by atoms with E-state index >= 15 is 0 Å². The van der Waals surface area contributed by atoms with Crippen LogP contribution in [0, 0.1) is 5.82 Å². The van der Waals surface area contributed by atoms with Gasteiger partial charge < -0.3 is 10.3 Å². The van der Waals surface area contributed by atoms with E-state index in [1.807, 2.05) is 54.7 Å². The van der Waals surface area contributed by atoms with E-state index in [1.165, 1.54) is 34.2 Å². The Bertz CT molecular complexity index is 1420. The summed E-state index contributed by atoms with van der Waals surface area (Å²) in [6, 6.07) is 30.8. The zero-order valence-corrected chi connectivity index (χ0v) is 18.7. The first-order chi connectivity index (χ1) is 16.7. The number of aromatic nitrogens is 1. The third-order valence-electron chi connectivity index (χ3n) is 6.07. The second-order valence-electron chi connectivity index (χ2n) is 8.45. The van der Waals surface area contributed by atoms with Crippen LogP contribution in [0.5, 0.6) is 0 Å². The van der Waals surface area contributed by atoms with Crippen molar-refractivity contribution in [2.24, 2.45) is 0 Å². The molecule has 0 radical (unpaired) electrons. The molecule has 0 aliphatic rings. The van der Waals surface area contributed by atoms with Crippen molar-refractivity contribution in [2.75, 3.05) is 6.54 Å². The Kier molecular flexibility index (Phi) is 6.21. The molecule has 0 aliphatic heterocycles. The van der Waals surface area contributed by atoms with Crippen LogP contribution >= 0.6 is 0 Å². The second-order valence-corrected chi connectivity index (χ2v) is 8.45. The number of amides is 1. The molecule has 0 bridgehead atoms. The number of rotatable bonds is 7. The summed E-state index contributed by atoms with van der Waals surface area (Å²) in [4.78, 5) is 16.0. The molecule has 0 fully saturated rings. The Hall–Kier alpha value is -4.18. The molecule has 4 heteroatoms. The van der Waals surface area contributed by atoms with E-state index in [-0.39, 0.29) is 11.7 Å². The highest BCUT2D eigenvalue weighted by Gasteiger charge is 2.09. The van der Waals surface area contributed by atoms with Crippen molar-refractivity contribution in [3.8, 4) is 11.1 Å². The van der Waals surface area contributed by atoms with Gasteiger partial charge in [-0.1, -0.05) is 60.7 Å². The van der Waals surface area contributed by atoms with Crippen LogP contribution < -0.4 is 5.32 Å². The summed E-state index contributed by atoms with van der Waals surface area (Å²) in [6.45, 7) is 0.548. The maximum atomic E-state index is 13.4. The summed E-state index contributed by atoms with van der Waals surface area (Å²) in [5, 5.41) is 4.20. The predicted octanol–water partition coefficient (Wildman–Crippen LogP) is 6.54. The van der Waals surface area contributed by atoms with Gasteiger partial charge in [0.25, 0.3) is 5.91 Å². The van der Waals surface area contributed by atoms with Crippen molar-refractivity contribution in [3.63, 3.8) is 0 Å². The number of hydrogen-bond acceptors (Lipinski definition) is 1. The van der Waals surface area contributed by atoms with Gasteiger partial charge in [-0.05, 0) is 77.1 Å². The summed E-state index contributed by atoms with van der Waals surface area (Å²) in [5.41, 5.74) is 7.20. The first kappa shape index (κ1) is 21.7. The van der Waals surface area contributed by atoms with Crippen LogP contribution in [0.2, 0.25) is 0 Å². The molecule has 5 aromatic rings. The Balaban J connectivity index is 1.20. The van der Waals surface area contributed by atoms with Crippen molar-refractivity contribution in [2.45, 2.75) is 12.8 Å². The molecule has 4 aromatic carbocycles. The molecule has 168 valence electrons. The molecule has 1 aromatic heterocycles. The highest BCUT2D eigenvalue weighted by molar-refractivity contribution is 5.94. The molecule has 3 nitrogen and oxygen atoms in total. The monoisotopic (exact) mass is 448 g/mol. The molecule has 1 amide bonds. The molecule has 0 atom stereocenters. The lowest BCUT2D eigenvalue weighted by molar-refractivity contribution is 0.0954. The fourth-order valence-electron chi connectivity index (χ4n) is 4.26. The van der Waals surface area contributed by atoms with Crippen molar-refractivity contribution >= 4 is 16.8 Å². The van der Waals surface area contributed by atoms with Gasteiger partial charge in [0.15, 0.2) is 0 Å². The summed E-state index contributed by atoms with van der Waals surface area (Å²) in [7, 11) is 0. The predicted molar refractivity (Wildman–Crippen MR) is 135 cm³/mol. The number of halogens is 1. The van der Waals surface area contributed by atoms with Crippen LogP contribution in [0.15, 0.2) is 103 Å². The van der Waals surface area contributed by atoms with Gasteiger partial charge in [-0.3, -0.25) is 4.79 Å². The number of aromatic amines is 1. The molecule has 0 saturated heterocycles. The largest absolute Gasteiger partial charge is 0.361 e. The topological polar surface area (TPSA) is 44.9 Å². The van der Waals surface area contributed by atoms with E-state index in [9.17, 15) is 9.18 Å². The van der Waals surface area contributed by atoms with Gasteiger partial charge in [0.2, 0.25) is 0 Å². The Labute approximate surface area is 198 Å². The van der Waals surface area contributed by atoms with E-state index in [4.69, 9.17) is 0 Å². The minimum Gasteiger partial charge on any atom is -0.361 e. The smallest absolute Gasteiger partial charge is 0.251 e. The Morgan fingerprint density at radius 1 is 0.794 bits per heavy atom. The molecular formula is C30H25FN2O. The maximum Gasteiger partial charge on any atom is 0.251 e. The van der Waals surface area contributed by atoms with Crippen LogP contribution in [0.4, 0.5) is 4.39 Å². The third-order valence-corrected chi connectivity index (χ3v) is 6.07. The lowest BCUT2D eigenvalue weighted by atomic mass is 10.0. The number of hydrogen-bond donors (Lipinski definition) is 2. The lowest BCUT2D eigenvalue weighted by Gasteiger charge is -2.07. The van der Waals surface area contributed by atoms with Gasteiger partial charge in [0.1, 0.15) is 5.82 Å². The summed E-state index contributed by atoms with van der Waals surface area (Å²) < 4.78 is 13.4. The lowest BCUT2D eigenvalue weighted by Crippen LogP contribution is -2.25. The van der Waals surface area contributed by atoms with Gasteiger partial charge >= 0.3 is 0 Å². The minimum absolute atomic E-state index is 0.0953. The summed E-state index contributed by atoms with van der Waals surface area (Å²) in [5.74, 6) is -0.331. The van der Waals surface area contributed by atoms with Crippen molar-refractivity contribution in [1.29, 1.82) is 0 Å². The Morgan fingerprint density at radius 3 is 2.41 bits per heavy atom. The quantitative estimate of drug-likeness (QED) is 0.292. The van der Waals surface area contributed by atoms with Crippen molar-refractivity contribution < 1.29 is 9.18 Å². The van der Waals surface area contributed by atoms with E-state index in [2.05, 4.69) is 40.6 Å². The second kappa shape index (κ2) is 9.75. The van der Waals surface area contributed by atoms with E-state index < -0.39 is 0 Å². The average Bonchev–Trinajstić information content (AvgIpc) is 3.27.